The van der Waals surface area contributed by atoms with Gasteiger partial charge in [0.25, 0.3) is 10.9 Å². The minimum atomic E-state index is -0.627. The largest absolute Gasteiger partial charge is 0.394 e. The van der Waals surface area contributed by atoms with E-state index in [-0.39, 0.29) is 11.4 Å². The lowest BCUT2D eigenvalue weighted by Gasteiger charge is -2.11. The van der Waals surface area contributed by atoms with E-state index in [4.69, 9.17) is 5.73 Å². The van der Waals surface area contributed by atoms with Crippen molar-refractivity contribution >= 4 is 17.1 Å². The fourth-order valence-electron chi connectivity index (χ4n) is 2.00. The molecule has 0 aliphatic carbocycles. The van der Waals surface area contributed by atoms with Crippen molar-refractivity contribution in [1.29, 1.82) is 0 Å². The smallest absolute Gasteiger partial charge is 0.253 e. The summed E-state index contributed by atoms with van der Waals surface area (Å²) in [7, 11) is 0. The quantitative estimate of drug-likeness (QED) is 0.704. The first kappa shape index (κ1) is 12.1. The van der Waals surface area contributed by atoms with E-state index < -0.39 is 10.9 Å². The van der Waals surface area contributed by atoms with Crippen molar-refractivity contribution in [3.8, 4) is 11.1 Å². The third kappa shape index (κ3) is 1.95. The van der Waals surface area contributed by atoms with E-state index >= 15 is 0 Å². The Labute approximate surface area is 114 Å². The number of aromatic nitrogens is 1. The fraction of sp³-hybridized carbons (Fsp3) is 0. The van der Waals surface area contributed by atoms with Gasteiger partial charge in [-0.3, -0.25) is 14.6 Å². The van der Waals surface area contributed by atoms with E-state index in [1.807, 2.05) is 30.3 Å². The van der Waals surface area contributed by atoms with E-state index in [2.05, 4.69) is 10.3 Å². The number of nitrogens with one attached hydrogen (secondary N) is 1. The Morgan fingerprint density at radius 3 is 2.40 bits per heavy atom. The van der Waals surface area contributed by atoms with Crippen molar-refractivity contribution < 1.29 is 0 Å². The second kappa shape index (κ2) is 4.62. The SMILES string of the molecule is Nc1c(Nc2cccc(-c3ccncc3)c2)c(=O)c1=O. The number of nitrogens with two attached hydrogens (primary N) is 1. The lowest BCUT2D eigenvalue weighted by Crippen LogP contribution is -2.36. The number of pyridine rings is 1. The molecule has 1 heterocycles. The molecule has 0 radical (unpaired) electrons. The molecular formula is C15H11N3O2. The lowest BCUT2D eigenvalue weighted by molar-refractivity contribution is 1.33. The summed E-state index contributed by atoms with van der Waals surface area (Å²) < 4.78 is 0. The van der Waals surface area contributed by atoms with Crippen molar-refractivity contribution in [3.63, 3.8) is 0 Å². The highest BCUT2D eigenvalue weighted by Crippen LogP contribution is 2.24. The van der Waals surface area contributed by atoms with Gasteiger partial charge in [0.2, 0.25) is 0 Å². The molecule has 0 aliphatic heterocycles. The molecule has 1 aromatic heterocycles. The summed E-state index contributed by atoms with van der Waals surface area (Å²) in [5, 5.41) is 2.89. The van der Waals surface area contributed by atoms with Crippen LogP contribution in [0.2, 0.25) is 0 Å². The van der Waals surface area contributed by atoms with Crippen LogP contribution in [0.1, 0.15) is 0 Å². The van der Waals surface area contributed by atoms with E-state index in [9.17, 15) is 9.59 Å². The Balaban J connectivity index is 1.93. The highest BCUT2D eigenvalue weighted by atomic mass is 16.2. The molecule has 0 saturated heterocycles. The van der Waals surface area contributed by atoms with Crippen molar-refractivity contribution in [2.45, 2.75) is 0 Å². The highest BCUT2D eigenvalue weighted by Gasteiger charge is 2.17. The first-order valence-electron chi connectivity index (χ1n) is 6.03. The van der Waals surface area contributed by atoms with Crippen LogP contribution in [0.4, 0.5) is 17.1 Å². The molecule has 0 aliphatic rings. The predicted molar refractivity (Wildman–Crippen MR) is 78.7 cm³/mol. The highest BCUT2D eigenvalue weighted by molar-refractivity contribution is 5.78. The summed E-state index contributed by atoms with van der Waals surface area (Å²) in [6.45, 7) is 0. The number of hydrogen-bond donors (Lipinski definition) is 2. The van der Waals surface area contributed by atoms with Crippen molar-refractivity contribution in [3.05, 3.63) is 69.2 Å². The molecule has 2 aromatic carbocycles. The van der Waals surface area contributed by atoms with Crippen LogP contribution in [-0.2, 0) is 0 Å². The second-order valence-corrected chi connectivity index (χ2v) is 4.39. The molecule has 3 N–H and O–H groups in total. The Hall–Kier alpha value is -2.95. The van der Waals surface area contributed by atoms with Gasteiger partial charge in [0.15, 0.2) is 0 Å². The number of hydrogen-bond acceptors (Lipinski definition) is 5. The summed E-state index contributed by atoms with van der Waals surface area (Å²) in [6, 6.07) is 11.3. The van der Waals surface area contributed by atoms with E-state index in [1.165, 1.54) is 0 Å². The van der Waals surface area contributed by atoms with E-state index in [0.717, 1.165) is 11.1 Å². The molecular weight excluding hydrogens is 254 g/mol. The van der Waals surface area contributed by atoms with Crippen molar-refractivity contribution in [2.24, 2.45) is 0 Å². The molecule has 0 amide bonds. The van der Waals surface area contributed by atoms with Gasteiger partial charge in [-0.2, -0.15) is 0 Å². The maximum Gasteiger partial charge on any atom is 0.253 e. The topological polar surface area (TPSA) is 85.1 Å². The Kier molecular flexibility index (Phi) is 2.80. The molecule has 3 aromatic rings. The monoisotopic (exact) mass is 265 g/mol. The van der Waals surface area contributed by atoms with Crippen LogP contribution in [0, 0.1) is 0 Å². The van der Waals surface area contributed by atoms with Gasteiger partial charge in [-0.25, -0.2) is 0 Å². The molecule has 0 atom stereocenters. The number of rotatable bonds is 3. The fourth-order valence-corrected chi connectivity index (χ4v) is 2.00. The molecule has 5 nitrogen and oxygen atoms in total. The number of benzene rings is 1. The van der Waals surface area contributed by atoms with Crippen LogP contribution in [-0.4, -0.2) is 4.98 Å². The number of anilines is 3. The summed E-state index contributed by atoms with van der Waals surface area (Å²) >= 11 is 0. The van der Waals surface area contributed by atoms with Gasteiger partial charge < -0.3 is 11.1 Å². The standard InChI is InChI=1S/C15H11N3O2/c16-12-13(15(20)14(12)19)18-11-3-1-2-10(8-11)9-4-6-17-7-5-9/h1-8,18H,16H2. The molecule has 5 heteroatoms. The molecule has 0 fully saturated rings. The lowest BCUT2D eigenvalue weighted by atomic mass is 10.1. The molecule has 3 rings (SSSR count). The Morgan fingerprint density at radius 2 is 1.70 bits per heavy atom. The van der Waals surface area contributed by atoms with Gasteiger partial charge in [0, 0.05) is 18.1 Å². The number of nitrogens with zero attached hydrogens (tertiary/aromatic N) is 1. The third-order valence-electron chi connectivity index (χ3n) is 3.09. The number of nitrogen functional groups attached to an aromatic ring is 1. The zero-order valence-corrected chi connectivity index (χ0v) is 10.5. The minimum Gasteiger partial charge on any atom is -0.394 e. The Morgan fingerprint density at radius 1 is 0.950 bits per heavy atom. The third-order valence-corrected chi connectivity index (χ3v) is 3.09. The predicted octanol–water partition coefficient (Wildman–Crippen LogP) is 1.67. The molecule has 98 valence electrons. The van der Waals surface area contributed by atoms with Crippen LogP contribution < -0.4 is 21.9 Å². The summed E-state index contributed by atoms with van der Waals surface area (Å²) in [4.78, 5) is 26.4. The van der Waals surface area contributed by atoms with Gasteiger partial charge in [-0.1, -0.05) is 12.1 Å². The normalized spacial score (nSPS) is 10.6. The summed E-state index contributed by atoms with van der Waals surface area (Å²) in [5.41, 5.74) is 7.15. The van der Waals surface area contributed by atoms with Crippen LogP contribution in [0.3, 0.4) is 0 Å². The van der Waals surface area contributed by atoms with Gasteiger partial charge in [-0.15, -0.1) is 0 Å². The molecule has 0 unspecified atom stereocenters. The van der Waals surface area contributed by atoms with Crippen LogP contribution in [0.25, 0.3) is 11.1 Å². The molecule has 0 saturated carbocycles. The first-order chi connectivity index (χ1) is 9.66. The average Bonchev–Trinajstić information content (AvgIpc) is 2.52. The zero-order chi connectivity index (χ0) is 14.1. The van der Waals surface area contributed by atoms with Gasteiger partial charge in [0.05, 0.1) is 0 Å². The molecule has 20 heavy (non-hydrogen) atoms. The molecule has 0 bridgehead atoms. The van der Waals surface area contributed by atoms with Crippen LogP contribution in [0.15, 0.2) is 58.4 Å². The summed E-state index contributed by atoms with van der Waals surface area (Å²) in [5.74, 6) is 0. The van der Waals surface area contributed by atoms with Gasteiger partial charge in [0.1, 0.15) is 11.4 Å². The minimum absolute atomic E-state index is 0.00989. The van der Waals surface area contributed by atoms with Gasteiger partial charge >= 0.3 is 0 Å². The van der Waals surface area contributed by atoms with E-state index in [0.29, 0.717) is 5.69 Å². The van der Waals surface area contributed by atoms with Crippen molar-refractivity contribution in [1.82, 2.24) is 4.98 Å². The summed E-state index contributed by atoms with van der Waals surface area (Å²) in [6.07, 6.45) is 3.42. The van der Waals surface area contributed by atoms with E-state index in [1.54, 1.807) is 18.5 Å². The maximum absolute atomic E-state index is 11.4. The van der Waals surface area contributed by atoms with Crippen molar-refractivity contribution in [2.75, 3.05) is 11.1 Å². The van der Waals surface area contributed by atoms with Crippen LogP contribution in [0.5, 0.6) is 0 Å². The maximum atomic E-state index is 11.4. The Bertz CT molecular complexity index is 834. The van der Waals surface area contributed by atoms with Gasteiger partial charge in [-0.05, 0) is 35.4 Å². The van der Waals surface area contributed by atoms with Crippen LogP contribution >= 0.6 is 0 Å². The first-order valence-corrected chi connectivity index (χ1v) is 6.03. The average molecular weight is 265 g/mol. The zero-order valence-electron chi connectivity index (χ0n) is 10.5. The molecule has 0 spiro atoms. The second-order valence-electron chi connectivity index (χ2n) is 4.39.